The van der Waals surface area contributed by atoms with E-state index < -0.39 is 5.97 Å². The predicted octanol–water partition coefficient (Wildman–Crippen LogP) is 2.94. The van der Waals surface area contributed by atoms with E-state index in [1.807, 2.05) is 25.1 Å². The predicted molar refractivity (Wildman–Crippen MR) is 99.3 cm³/mol. The standard InChI is InChI=1S/C19H22N4O4/c1-5-7-14-17(19(24)27-6-2)21-22-18-13(11-20-23(14)18)12-8-9-15(25-3)16(10-12)26-4/h8-11H,5-7H2,1-4H3. The lowest BCUT2D eigenvalue weighted by Crippen LogP contribution is -2.16. The van der Waals surface area contributed by atoms with E-state index in [1.54, 1.807) is 31.9 Å². The highest BCUT2D eigenvalue weighted by Gasteiger charge is 2.21. The number of carbonyl (C=O) groups excluding carboxylic acids is 1. The number of hydrogen-bond acceptors (Lipinski definition) is 7. The number of nitrogens with zero attached hydrogens (tertiary/aromatic N) is 4. The molecule has 8 heteroatoms. The number of carbonyl (C=O) groups is 1. The summed E-state index contributed by atoms with van der Waals surface area (Å²) < 4.78 is 17.4. The molecule has 0 aliphatic carbocycles. The molecule has 0 aliphatic heterocycles. The Balaban J connectivity index is 2.14. The van der Waals surface area contributed by atoms with Crippen molar-refractivity contribution in [3.63, 3.8) is 0 Å². The van der Waals surface area contributed by atoms with Gasteiger partial charge in [0.25, 0.3) is 0 Å². The van der Waals surface area contributed by atoms with E-state index in [4.69, 9.17) is 14.2 Å². The van der Waals surface area contributed by atoms with Crippen molar-refractivity contribution in [3.05, 3.63) is 35.8 Å². The number of fused-ring (bicyclic) bond motifs is 1. The molecule has 0 saturated heterocycles. The molecule has 2 heterocycles. The summed E-state index contributed by atoms with van der Waals surface area (Å²) in [6, 6.07) is 5.58. The van der Waals surface area contributed by atoms with E-state index in [9.17, 15) is 4.79 Å². The monoisotopic (exact) mass is 370 g/mol. The van der Waals surface area contributed by atoms with Gasteiger partial charge in [-0.3, -0.25) is 0 Å². The second-order valence-corrected chi connectivity index (χ2v) is 5.83. The summed E-state index contributed by atoms with van der Waals surface area (Å²) in [5, 5.41) is 12.8. The van der Waals surface area contributed by atoms with Crippen molar-refractivity contribution in [2.24, 2.45) is 0 Å². The fourth-order valence-electron chi connectivity index (χ4n) is 2.92. The van der Waals surface area contributed by atoms with Crippen LogP contribution in [0.2, 0.25) is 0 Å². The zero-order valence-electron chi connectivity index (χ0n) is 15.9. The summed E-state index contributed by atoms with van der Waals surface area (Å²) in [7, 11) is 3.18. The van der Waals surface area contributed by atoms with Gasteiger partial charge in [-0.1, -0.05) is 19.4 Å². The molecule has 3 rings (SSSR count). The molecule has 142 valence electrons. The van der Waals surface area contributed by atoms with Crippen LogP contribution in [0.25, 0.3) is 16.8 Å². The third-order valence-electron chi connectivity index (χ3n) is 4.17. The molecule has 0 aliphatic rings. The summed E-state index contributed by atoms with van der Waals surface area (Å²) in [5.41, 5.74) is 3.11. The van der Waals surface area contributed by atoms with Crippen molar-refractivity contribution < 1.29 is 19.0 Å². The molecule has 0 atom stereocenters. The van der Waals surface area contributed by atoms with E-state index in [0.29, 0.717) is 29.3 Å². The number of aryl methyl sites for hydroxylation is 1. The molecule has 0 spiro atoms. The van der Waals surface area contributed by atoms with Crippen molar-refractivity contribution in [2.75, 3.05) is 20.8 Å². The van der Waals surface area contributed by atoms with E-state index in [0.717, 1.165) is 17.5 Å². The first kappa shape index (κ1) is 18.6. The second kappa shape index (κ2) is 8.03. The quantitative estimate of drug-likeness (QED) is 0.591. The van der Waals surface area contributed by atoms with Crippen LogP contribution in [-0.2, 0) is 11.2 Å². The fraction of sp³-hybridized carbons (Fsp3) is 0.368. The van der Waals surface area contributed by atoms with Crippen LogP contribution in [0.3, 0.4) is 0 Å². The lowest BCUT2D eigenvalue weighted by atomic mass is 10.1. The van der Waals surface area contributed by atoms with Crippen molar-refractivity contribution in [3.8, 4) is 22.6 Å². The van der Waals surface area contributed by atoms with Gasteiger partial charge in [-0.25, -0.2) is 9.31 Å². The maximum Gasteiger partial charge on any atom is 0.360 e. The molecular formula is C19H22N4O4. The van der Waals surface area contributed by atoms with Crippen molar-refractivity contribution >= 4 is 11.6 Å². The number of esters is 1. The Hall–Kier alpha value is -3.16. The third-order valence-corrected chi connectivity index (χ3v) is 4.17. The van der Waals surface area contributed by atoms with E-state index >= 15 is 0 Å². The molecule has 0 saturated carbocycles. The van der Waals surface area contributed by atoms with Gasteiger partial charge >= 0.3 is 5.97 Å². The van der Waals surface area contributed by atoms with Gasteiger partial charge < -0.3 is 14.2 Å². The molecule has 8 nitrogen and oxygen atoms in total. The highest BCUT2D eigenvalue weighted by molar-refractivity contribution is 5.89. The molecule has 2 aromatic heterocycles. The fourth-order valence-corrected chi connectivity index (χ4v) is 2.92. The topological polar surface area (TPSA) is 87.8 Å². The van der Waals surface area contributed by atoms with Crippen molar-refractivity contribution in [2.45, 2.75) is 26.7 Å². The van der Waals surface area contributed by atoms with Crippen LogP contribution in [0.4, 0.5) is 0 Å². The number of ether oxygens (including phenoxy) is 3. The molecule has 0 bridgehead atoms. The molecule has 27 heavy (non-hydrogen) atoms. The summed E-state index contributed by atoms with van der Waals surface area (Å²) in [6.45, 7) is 4.06. The maximum absolute atomic E-state index is 12.2. The molecule has 0 radical (unpaired) electrons. The Labute approximate surface area is 157 Å². The van der Waals surface area contributed by atoms with Gasteiger partial charge in [-0.15, -0.1) is 10.2 Å². The van der Waals surface area contributed by atoms with Gasteiger partial charge in [0.2, 0.25) is 0 Å². The summed E-state index contributed by atoms with van der Waals surface area (Å²) in [4.78, 5) is 12.2. The number of benzene rings is 1. The highest BCUT2D eigenvalue weighted by Crippen LogP contribution is 2.33. The SMILES string of the molecule is CCCc1c(C(=O)OCC)nnc2c(-c3ccc(OC)c(OC)c3)cnn12. The molecule has 0 amide bonds. The minimum Gasteiger partial charge on any atom is -0.493 e. The highest BCUT2D eigenvalue weighted by atomic mass is 16.5. The Morgan fingerprint density at radius 3 is 2.56 bits per heavy atom. The minimum absolute atomic E-state index is 0.202. The maximum atomic E-state index is 12.2. The molecule has 3 aromatic rings. The van der Waals surface area contributed by atoms with E-state index in [1.165, 1.54) is 0 Å². The lowest BCUT2D eigenvalue weighted by molar-refractivity contribution is 0.0515. The van der Waals surface area contributed by atoms with Crippen LogP contribution in [0.1, 0.15) is 36.5 Å². The molecule has 1 aromatic carbocycles. The van der Waals surface area contributed by atoms with Crippen LogP contribution >= 0.6 is 0 Å². The molecule has 0 unspecified atom stereocenters. The van der Waals surface area contributed by atoms with Gasteiger partial charge in [-0.05, 0) is 31.0 Å². The largest absolute Gasteiger partial charge is 0.493 e. The van der Waals surface area contributed by atoms with Gasteiger partial charge in [0.1, 0.15) is 0 Å². The summed E-state index contributed by atoms with van der Waals surface area (Å²) in [6.07, 6.45) is 3.17. The lowest BCUT2D eigenvalue weighted by Gasteiger charge is -2.10. The Kier molecular flexibility index (Phi) is 5.54. The first-order valence-corrected chi connectivity index (χ1v) is 8.77. The van der Waals surface area contributed by atoms with Gasteiger partial charge in [0.15, 0.2) is 22.8 Å². The Morgan fingerprint density at radius 2 is 1.89 bits per heavy atom. The van der Waals surface area contributed by atoms with E-state index in [2.05, 4.69) is 15.3 Å². The van der Waals surface area contributed by atoms with Crippen LogP contribution < -0.4 is 9.47 Å². The number of rotatable bonds is 7. The average Bonchev–Trinajstić information content (AvgIpc) is 3.12. The normalized spacial score (nSPS) is 10.8. The van der Waals surface area contributed by atoms with Crippen molar-refractivity contribution in [1.82, 2.24) is 19.8 Å². The molecular weight excluding hydrogens is 348 g/mol. The van der Waals surface area contributed by atoms with Crippen LogP contribution in [0.15, 0.2) is 24.4 Å². The van der Waals surface area contributed by atoms with Gasteiger partial charge in [-0.2, -0.15) is 5.10 Å². The van der Waals surface area contributed by atoms with Crippen LogP contribution in [0, 0.1) is 0 Å². The zero-order chi connectivity index (χ0) is 19.4. The van der Waals surface area contributed by atoms with Crippen molar-refractivity contribution in [1.29, 1.82) is 0 Å². The second-order valence-electron chi connectivity index (χ2n) is 5.83. The number of methoxy groups -OCH3 is 2. The Morgan fingerprint density at radius 1 is 1.11 bits per heavy atom. The Bertz CT molecular complexity index is 968. The smallest absolute Gasteiger partial charge is 0.360 e. The minimum atomic E-state index is -0.487. The number of aromatic nitrogens is 4. The number of hydrogen-bond donors (Lipinski definition) is 0. The van der Waals surface area contributed by atoms with E-state index in [-0.39, 0.29) is 12.3 Å². The van der Waals surface area contributed by atoms with Gasteiger partial charge in [0.05, 0.1) is 32.7 Å². The summed E-state index contributed by atoms with van der Waals surface area (Å²) >= 11 is 0. The zero-order valence-corrected chi connectivity index (χ0v) is 15.9. The molecule has 0 fully saturated rings. The average molecular weight is 370 g/mol. The third kappa shape index (κ3) is 3.42. The van der Waals surface area contributed by atoms with Crippen LogP contribution in [-0.4, -0.2) is 46.6 Å². The molecule has 0 N–H and O–H groups in total. The first-order valence-electron chi connectivity index (χ1n) is 8.77. The van der Waals surface area contributed by atoms with Gasteiger partial charge in [0, 0.05) is 5.56 Å². The first-order chi connectivity index (χ1) is 13.1. The summed E-state index contributed by atoms with van der Waals surface area (Å²) in [5.74, 6) is 0.762. The van der Waals surface area contributed by atoms with Crippen LogP contribution in [0.5, 0.6) is 11.5 Å².